The molecular formula is C19H22N2. The largest absolute Gasteiger partial charge is 0.255 e. The van der Waals surface area contributed by atoms with Gasteiger partial charge in [-0.3, -0.25) is 9.98 Å². The summed E-state index contributed by atoms with van der Waals surface area (Å²) in [6.45, 7) is 10.3. The van der Waals surface area contributed by atoms with Gasteiger partial charge < -0.3 is 0 Å². The summed E-state index contributed by atoms with van der Waals surface area (Å²) in [6, 6.07) is 12.6. The number of aliphatic imine (C=N–C) groups is 2. The van der Waals surface area contributed by atoms with Gasteiger partial charge in [0.05, 0.1) is 17.1 Å². The summed E-state index contributed by atoms with van der Waals surface area (Å²) in [7, 11) is 0. The van der Waals surface area contributed by atoms with E-state index >= 15 is 0 Å². The quantitative estimate of drug-likeness (QED) is 0.670. The van der Waals surface area contributed by atoms with Gasteiger partial charge in [0.15, 0.2) is 0 Å². The molecule has 2 rings (SSSR count). The zero-order valence-electron chi connectivity index (χ0n) is 13.4. The van der Waals surface area contributed by atoms with E-state index in [2.05, 4.69) is 74.1 Å². The Hall–Kier alpha value is -2.22. The van der Waals surface area contributed by atoms with Gasteiger partial charge in [-0.2, -0.15) is 0 Å². The standard InChI is InChI=1S/C19H22N2/c1-13-6-14(2)9-18(8-13)20-12-17(5)21-19-10-15(3)7-16(4)11-19/h6-12H,1-5H3. The molecule has 0 radical (unpaired) electrons. The molecule has 0 aliphatic heterocycles. The maximum absolute atomic E-state index is 4.61. The summed E-state index contributed by atoms with van der Waals surface area (Å²) >= 11 is 0. The topological polar surface area (TPSA) is 24.7 Å². The van der Waals surface area contributed by atoms with Gasteiger partial charge in [-0.25, -0.2) is 0 Å². The third-order valence-electron chi connectivity index (χ3n) is 3.12. The highest BCUT2D eigenvalue weighted by Crippen LogP contribution is 2.18. The molecule has 2 aromatic rings. The van der Waals surface area contributed by atoms with Crippen molar-refractivity contribution in [2.24, 2.45) is 9.98 Å². The zero-order valence-corrected chi connectivity index (χ0v) is 13.4. The Morgan fingerprint density at radius 3 is 1.62 bits per heavy atom. The fraction of sp³-hybridized carbons (Fsp3) is 0.263. The van der Waals surface area contributed by atoms with E-state index in [-0.39, 0.29) is 0 Å². The smallest absolute Gasteiger partial charge is 0.0638 e. The van der Waals surface area contributed by atoms with Crippen LogP contribution in [0, 0.1) is 27.7 Å². The zero-order chi connectivity index (χ0) is 15.4. The first-order valence-electron chi connectivity index (χ1n) is 7.18. The van der Waals surface area contributed by atoms with Crippen LogP contribution in [-0.4, -0.2) is 11.9 Å². The molecule has 2 nitrogen and oxygen atoms in total. The monoisotopic (exact) mass is 278 g/mol. The summed E-state index contributed by atoms with van der Waals surface area (Å²) in [5, 5.41) is 0. The molecule has 0 aliphatic carbocycles. The van der Waals surface area contributed by atoms with E-state index in [1.807, 2.05) is 13.1 Å². The van der Waals surface area contributed by atoms with Crippen molar-refractivity contribution in [3.8, 4) is 0 Å². The molecule has 21 heavy (non-hydrogen) atoms. The Morgan fingerprint density at radius 1 is 0.714 bits per heavy atom. The fourth-order valence-corrected chi connectivity index (χ4v) is 2.44. The normalized spacial score (nSPS) is 12.1. The number of nitrogens with zero attached hydrogens (tertiary/aromatic N) is 2. The molecule has 0 saturated heterocycles. The molecule has 0 saturated carbocycles. The number of rotatable bonds is 3. The van der Waals surface area contributed by atoms with Crippen molar-refractivity contribution in [1.29, 1.82) is 0 Å². The number of hydrogen-bond acceptors (Lipinski definition) is 2. The molecule has 2 heteroatoms. The van der Waals surface area contributed by atoms with Crippen molar-refractivity contribution in [2.75, 3.05) is 0 Å². The van der Waals surface area contributed by atoms with E-state index in [0.29, 0.717) is 0 Å². The van der Waals surface area contributed by atoms with Gasteiger partial charge in [0.25, 0.3) is 0 Å². The van der Waals surface area contributed by atoms with Gasteiger partial charge in [-0.1, -0.05) is 12.1 Å². The van der Waals surface area contributed by atoms with Gasteiger partial charge in [0.2, 0.25) is 0 Å². The van der Waals surface area contributed by atoms with Crippen LogP contribution in [0.3, 0.4) is 0 Å². The van der Waals surface area contributed by atoms with Crippen LogP contribution in [-0.2, 0) is 0 Å². The third kappa shape index (κ3) is 4.67. The molecule has 2 aromatic carbocycles. The molecule has 0 aromatic heterocycles. The fourth-order valence-electron chi connectivity index (χ4n) is 2.44. The lowest BCUT2D eigenvalue weighted by Crippen LogP contribution is -1.91. The Bertz CT molecular complexity index is 669. The minimum absolute atomic E-state index is 0.902. The Labute approximate surface area is 127 Å². The van der Waals surface area contributed by atoms with Crippen molar-refractivity contribution < 1.29 is 0 Å². The van der Waals surface area contributed by atoms with Gasteiger partial charge >= 0.3 is 0 Å². The minimum atomic E-state index is 0.902. The van der Waals surface area contributed by atoms with Crippen molar-refractivity contribution in [2.45, 2.75) is 34.6 Å². The second kappa shape index (κ2) is 6.49. The van der Waals surface area contributed by atoms with E-state index in [1.165, 1.54) is 22.3 Å². The molecule has 0 unspecified atom stereocenters. The van der Waals surface area contributed by atoms with E-state index in [9.17, 15) is 0 Å². The highest BCUT2D eigenvalue weighted by molar-refractivity contribution is 6.30. The third-order valence-corrected chi connectivity index (χ3v) is 3.12. The van der Waals surface area contributed by atoms with E-state index in [1.54, 1.807) is 0 Å². The first-order valence-corrected chi connectivity index (χ1v) is 7.18. The van der Waals surface area contributed by atoms with Crippen LogP contribution in [0.1, 0.15) is 29.2 Å². The van der Waals surface area contributed by atoms with Crippen LogP contribution in [0.15, 0.2) is 46.4 Å². The second-order valence-corrected chi connectivity index (χ2v) is 5.70. The van der Waals surface area contributed by atoms with Crippen LogP contribution in [0.25, 0.3) is 0 Å². The van der Waals surface area contributed by atoms with Gasteiger partial charge in [0.1, 0.15) is 0 Å². The second-order valence-electron chi connectivity index (χ2n) is 5.70. The number of hydrogen-bond donors (Lipinski definition) is 0. The summed E-state index contributed by atoms with van der Waals surface area (Å²) in [5.41, 5.74) is 7.77. The maximum atomic E-state index is 4.61. The predicted octanol–water partition coefficient (Wildman–Crippen LogP) is 5.42. The Kier molecular flexibility index (Phi) is 4.69. The van der Waals surface area contributed by atoms with Crippen LogP contribution in [0.4, 0.5) is 11.4 Å². The van der Waals surface area contributed by atoms with Crippen LogP contribution in [0.5, 0.6) is 0 Å². The first-order chi connectivity index (χ1) is 9.92. The molecule has 0 heterocycles. The maximum Gasteiger partial charge on any atom is 0.0638 e. The molecular weight excluding hydrogens is 256 g/mol. The van der Waals surface area contributed by atoms with Gasteiger partial charge in [-0.15, -0.1) is 0 Å². The number of benzene rings is 2. The predicted molar refractivity (Wildman–Crippen MR) is 92.8 cm³/mol. The lowest BCUT2D eigenvalue weighted by Gasteiger charge is -2.01. The van der Waals surface area contributed by atoms with Gasteiger partial charge in [-0.05, 0) is 81.1 Å². The Morgan fingerprint density at radius 2 is 1.14 bits per heavy atom. The molecule has 0 atom stereocenters. The molecule has 0 bridgehead atoms. The van der Waals surface area contributed by atoms with Crippen LogP contribution < -0.4 is 0 Å². The average Bonchev–Trinajstić information content (AvgIpc) is 2.34. The molecule has 0 N–H and O–H groups in total. The lowest BCUT2D eigenvalue weighted by molar-refractivity contribution is 1.35. The minimum Gasteiger partial charge on any atom is -0.255 e. The summed E-state index contributed by atoms with van der Waals surface area (Å²) in [5.74, 6) is 0. The van der Waals surface area contributed by atoms with Crippen molar-refractivity contribution >= 4 is 23.3 Å². The summed E-state index contributed by atoms with van der Waals surface area (Å²) < 4.78 is 0. The van der Waals surface area contributed by atoms with E-state index < -0.39 is 0 Å². The molecule has 108 valence electrons. The lowest BCUT2D eigenvalue weighted by atomic mass is 10.1. The molecule has 0 amide bonds. The van der Waals surface area contributed by atoms with Crippen molar-refractivity contribution in [1.82, 2.24) is 0 Å². The SMILES string of the molecule is CC(C=Nc1cc(C)cc(C)c1)=Nc1cc(C)cc(C)c1. The van der Waals surface area contributed by atoms with E-state index in [0.717, 1.165) is 17.1 Å². The van der Waals surface area contributed by atoms with Crippen molar-refractivity contribution in [3.05, 3.63) is 58.7 Å². The molecule has 0 fully saturated rings. The molecule has 0 aliphatic rings. The van der Waals surface area contributed by atoms with Crippen LogP contribution >= 0.6 is 0 Å². The Balaban J connectivity index is 2.21. The van der Waals surface area contributed by atoms with Gasteiger partial charge in [0, 0.05) is 6.21 Å². The highest BCUT2D eigenvalue weighted by atomic mass is 14.8. The van der Waals surface area contributed by atoms with Crippen molar-refractivity contribution in [3.63, 3.8) is 0 Å². The first kappa shape index (κ1) is 15.2. The average molecular weight is 278 g/mol. The van der Waals surface area contributed by atoms with Crippen LogP contribution in [0.2, 0.25) is 0 Å². The summed E-state index contributed by atoms with van der Waals surface area (Å²) in [6.07, 6.45) is 1.83. The number of aryl methyl sites for hydroxylation is 4. The van der Waals surface area contributed by atoms with E-state index in [4.69, 9.17) is 0 Å². The highest BCUT2D eigenvalue weighted by Gasteiger charge is 1.96. The summed E-state index contributed by atoms with van der Waals surface area (Å²) in [4.78, 5) is 9.12. The molecule has 0 spiro atoms.